The van der Waals surface area contributed by atoms with Crippen molar-refractivity contribution in [1.29, 1.82) is 0 Å². The number of halogens is 3. The van der Waals surface area contributed by atoms with Crippen LogP contribution in [0.1, 0.15) is 26.3 Å². The monoisotopic (exact) mass is 373 g/mol. The molecule has 0 fully saturated rings. The van der Waals surface area contributed by atoms with E-state index in [9.17, 15) is 22.8 Å². The quantitative estimate of drug-likeness (QED) is 0.624. The number of nitrogens with one attached hydrogen (secondary N) is 1. The molecule has 0 aliphatic rings. The molecule has 0 saturated carbocycles. The van der Waals surface area contributed by atoms with Gasteiger partial charge in [-0.2, -0.15) is 13.2 Å². The lowest BCUT2D eigenvalue weighted by Gasteiger charge is -2.18. The lowest BCUT2D eigenvalue weighted by atomic mass is 10.2. The van der Waals surface area contributed by atoms with Gasteiger partial charge in [-0.05, 0) is 25.5 Å². The first-order valence-electron chi connectivity index (χ1n) is 7.70. The standard InChI is InChI=1S/C16H18F3N3O2S/c1-3-10(2)22-14(24)11-6-4-5-7-12(11)21-15(22)25-8-13(23)20-9-16(17,18)19/h4-7,10H,3,8-9H2,1-2H3,(H,20,23). The van der Waals surface area contributed by atoms with Crippen LogP contribution < -0.4 is 10.9 Å². The fraction of sp³-hybridized carbons (Fsp3) is 0.438. The molecule has 0 spiro atoms. The highest BCUT2D eigenvalue weighted by Gasteiger charge is 2.27. The van der Waals surface area contributed by atoms with Crippen LogP contribution in [0.5, 0.6) is 0 Å². The summed E-state index contributed by atoms with van der Waals surface area (Å²) < 4.78 is 37.9. The number of aromatic nitrogens is 2. The summed E-state index contributed by atoms with van der Waals surface area (Å²) in [6.45, 7) is 2.39. The van der Waals surface area contributed by atoms with E-state index < -0.39 is 18.6 Å². The summed E-state index contributed by atoms with van der Waals surface area (Å²) in [5.74, 6) is -1.02. The van der Waals surface area contributed by atoms with Gasteiger partial charge in [0.2, 0.25) is 5.91 Å². The van der Waals surface area contributed by atoms with Crippen LogP contribution in [0.3, 0.4) is 0 Å². The van der Waals surface area contributed by atoms with E-state index in [1.54, 1.807) is 24.3 Å². The molecule has 9 heteroatoms. The molecule has 1 aromatic carbocycles. The van der Waals surface area contributed by atoms with Crippen LogP contribution in [0.2, 0.25) is 0 Å². The van der Waals surface area contributed by atoms with Gasteiger partial charge >= 0.3 is 6.18 Å². The maximum Gasteiger partial charge on any atom is 0.405 e. The number of benzene rings is 1. The second-order valence-corrected chi connectivity index (χ2v) is 6.47. The van der Waals surface area contributed by atoms with E-state index in [1.165, 1.54) is 4.57 Å². The molecule has 1 amide bonds. The molecule has 25 heavy (non-hydrogen) atoms. The Morgan fingerprint density at radius 1 is 1.36 bits per heavy atom. The molecule has 0 aliphatic carbocycles. The van der Waals surface area contributed by atoms with Gasteiger partial charge in [-0.25, -0.2) is 4.98 Å². The third-order valence-electron chi connectivity index (χ3n) is 3.63. The zero-order valence-electron chi connectivity index (χ0n) is 13.8. The Bertz CT molecular complexity index is 820. The van der Waals surface area contributed by atoms with E-state index in [-0.39, 0.29) is 17.4 Å². The highest BCUT2D eigenvalue weighted by molar-refractivity contribution is 7.99. The summed E-state index contributed by atoms with van der Waals surface area (Å²) >= 11 is 0.951. The van der Waals surface area contributed by atoms with Crippen LogP contribution in [-0.2, 0) is 4.79 Å². The molecule has 5 nitrogen and oxygen atoms in total. The maximum atomic E-state index is 12.7. The number of carbonyl (C=O) groups is 1. The predicted octanol–water partition coefficient (Wildman–Crippen LogP) is 3.14. The minimum absolute atomic E-state index is 0.148. The SMILES string of the molecule is CCC(C)n1c(SCC(=O)NCC(F)(F)F)nc2ccccc2c1=O. The van der Waals surface area contributed by atoms with Crippen molar-refractivity contribution in [1.82, 2.24) is 14.9 Å². The number of thioether (sulfide) groups is 1. The third-order valence-corrected chi connectivity index (χ3v) is 4.58. The molecule has 0 bridgehead atoms. The van der Waals surface area contributed by atoms with Crippen LogP contribution >= 0.6 is 11.8 Å². The number of carbonyl (C=O) groups excluding carboxylic acids is 1. The lowest BCUT2D eigenvalue weighted by molar-refractivity contribution is -0.136. The van der Waals surface area contributed by atoms with Crippen molar-refractivity contribution in [2.45, 2.75) is 37.6 Å². The minimum atomic E-state index is -4.46. The van der Waals surface area contributed by atoms with Gasteiger partial charge in [-0.1, -0.05) is 30.8 Å². The molecule has 0 saturated heterocycles. The Morgan fingerprint density at radius 2 is 2.04 bits per heavy atom. The molecule has 1 aromatic heterocycles. The van der Waals surface area contributed by atoms with Crippen LogP contribution in [0.15, 0.2) is 34.2 Å². The summed E-state index contributed by atoms with van der Waals surface area (Å²) in [5, 5.41) is 2.59. The van der Waals surface area contributed by atoms with Crippen LogP contribution in [0.4, 0.5) is 13.2 Å². The third kappa shape index (κ3) is 4.97. The first-order valence-corrected chi connectivity index (χ1v) is 8.69. The number of nitrogens with zero attached hydrogens (tertiary/aromatic N) is 2. The van der Waals surface area contributed by atoms with Gasteiger partial charge in [0.25, 0.3) is 5.56 Å². The highest BCUT2D eigenvalue weighted by Crippen LogP contribution is 2.22. The largest absolute Gasteiger partial charge is 0.405 e. The van der Waals surface area contributed by atoms with Gasteiger partial charge in [0, 0.05) is 6.04 Å². The van der Waals surface area contributed by atoms with Gasteiger partial charge in [-0.15, -0.1) is 0 Å². The van der Waals surface area contributed by atoms with Gasteiger partial charge in [0.1, 0.15) is 6.54 Å². The Kier molecular flexibility index (Phi) is 6.10. The van der Waals surface area contributed by atoms with Crippen LogP contribution in [-0.4, -0.2) is 33.9 Å². The number of rotatable bonds is 6. The fourth-order valence-corrected chi connectivity index (χ4v) is 3.11. The molecule has 1 N–H and O–H groups in total. The second kappa shape index (κ2) is 7.90. The fourth-order valence-electron chi connectivity index (χ4n) is 2.18. The van der Waals surface area contributed by atoms with E-state index in [2.05, 4.69) is 4.98 Å². The van der Waals surface area contributed by atoms with Crippen molar-refractivity contribution in [2.75, 3.05) is 12.3 Å². The van der Waals surface area contributed by atoms with Gasteiger partial charge < -0.3 is 5.32 Å². The number of amides is 1. The summed E-state index contributed by atoms with van der Waals surface area (Å²) in [7, 11) is 0. The number of hydrogen-bond donors (Lipinski definition) is 1. The van der Waals surface area contributed by atoms with Crippen molar-refractivity contribution in [3.63, 3.8) is 0 Å². The molecule has 0 aliphatic heterocycles. The molecule has 2 aromatic rings. The predicted molar refractivity (Wildman–Crippen MR) is 90.8 cm³/mol. The van der Waals surface area contributed by atoms with Gasteiger partial charge in [0.15, 0.2) is 5.16 Å². The smallest absolute Gasteiger partial charge is 0.346 e. The molecular formula is C16H18F3N3O2S. The van der Waals surface area contributed by atoms with Crippen molar-refractivity contribution >= 4 is 28.6 Å². The van der Waals surface area contributed by atoms with Crippen LogP contribution in [0.25, 0.3) is 10.9 Å². The lowest BCUT2D eigenvalue weighted by Crippen LogP contribution is -2.35. The Morgan fingerprint density at radius 3 is 2.68 bits per heavy atom. The molecule has 1 atom stereocenters. The van der Waals surface area contributed by atoms with Gasteiger partial charge in [0.05, 0.1) is 16.7 Å². The highest BCUT2D eigenvalue weighted by atomic mass is 32.2. The normalized spacial score (nSPS) is 13.0. The first-order chi connectivity index (χ1) is 11.7. The minimum Gasteiger partial charge on any atom is -0.346 e. The average Bonchev–Trinajstić information content (AvgIpc) is 2.57. The van der Waals surface area contributed by atoms with Crippen LogP contribution in [0, 0.1) is 0 Å². The second-order valence-electron chi connectivity index (χ2n) is 5.52. The van der Waals surface area contributed by atoms with Crippen molar-refractivity contribution < 1.29 is 18.0 Å². The molecule has 0 radical (unpaired) electrons. The zero-order valence-corrected chi connectivity index (χ0v) is 14.6. The maximum absolute atomic E-state index is 12.7. The zero-order chi connectivity index (χ0) is 18.6. The number of fused-ring (bicyclic) bond motifs is 1. The number of alkyl halides is 3. The van der Waals surface area contributed by atoms with E-state index in [1.807, 2.05) is 19.2 Å². The Balaban J connectivity index is 2.27. The average molecular weight is 373 g/mol. The number of hydrogen-bond acceptors (Lipinski definition) is 4. The molecule has 1 unspecified atom stereocenters. The van der Waals surface area contributed by atoms with Crippen molar-refractivity contribution in [3.8, 4) is 0 Å². The summed E-state index contributed by atoms with van der Waals surface area (Å²) in [4.78, 5) is 28.7. The first kappa shape index (κ1) is 19.3. The molecule has 2 rings (SSSR count). The van der Waals surface area contributed by atoms with Crippen molar-refractivity contribution in [2.24, 2.45) is 0 Å². The van der Waals surface area contributed by atoms with E-state index in [0.29, 0.717) is 22.5 Å². The number of para-hydroxylation sites is 1. The molecule has 136 valence electrons. The topological polar surface area (TPSA) is 64.0 Å². The molecule has 1 heterocycles. The summed E-state index contributed by atoms with van der Waals surface area (Å²) in [5.41, 5.74) is 0.267. The summed E-state index contributed by atoms with van der Waals surface area (Å²) in [6.07, 6.45) is -3.78. The van der Waals surface area contributed by atoms with E-state index >= 15 is 0 Å². The van der Waals surface area contributed by atoms with Crippen molar-refractivity contribution in [3.05, 3.63) is 34.6 Å². The molecular weight excluding hydrogens is 355 g/mol. The Labute approximate surface area is 146 Å². The summed E-state index contributed by atoms with van der Waals surface area (Å²) in [6, 6.07) is 6.70. The van der Waals surface area contributed by atoms with E-state index in [4.69, 9.17) is 0 Å². The van der Waals surface area contributed by atoms with E-state index in [0.717, 1.165) is 11.8 Å². The van der Waals surface area contributed by atoms with Gasteiger partial charge in [-0.3, -0.25) is 14.2 Å². The Hall–Kier alpha value is -2.03.